The Morgan fingerprint density at radius 3 is 2.46 bits per heavy atom. The largest absolute Gasteiger partial charge is 0.508 e. The number of rotatable bonds is 1. The van der Waals surface area contributed by atoms with Gasteiger partial charge in [-0.3, -0.25) is 0 Å². The molecule has 4 nitrogen and oxygen atoms in total. The van der Waals surface area contributed by atoms with Crippen molar-refractivity contribution >= 4 is 26.0 Å². The van der Waals surface area contributed by atoms with E-state index in [0.29, 0.717) is 0 Å². The summed E-state index contributed by atoms with van der Waals surface area (Å²) in [6.45, 7) is 0. The van der Waals surface area contributed by atoms with E-state index in [1.54, 1.807) is 0 Å². The summed E-state index contributed by atoms with van der Waals surface area (Å²) < 4.78 is 34.2. The third-order valence-corrected chi connectivity index (χ3v) is 3.29. The summed E-state index contributed by atoms with van der Waals surface area (Å²) in [5.74, 6) is -1.38. The van der Waals surface area contributed by atoms with Crippen LogP contribution in [0.3, 0.4) is 0 Å². The van der Waals surface area contributed by atoms with Gasteiger partial charge in [0.05, 0.1) is 4.47 Å². The maximum absolute atomic E-state index is 12.8. The van der Waals surface area contributed by atoms with Crippen LogP contribution in [-0.4, -0.2) is 13.5 Å². The second kappa shape index (κ2) is 3.24. The molecular weight excluding hydrogens is 265 g/mol. The molecule has 72 valence electrons. The van der Waals surface area contributed by atoms with Gasteiger partial charge < -0.3 is 5.11 Å². The van der Waals surface area contributed by atoms with Crippen LogP contribution in [0.15, 0.2) is 21.5 Å². The van der Waals surface area contributed by atoms with Crippen molar-refractivity contribution in [3.05, 3.63) is 22.4 Å². The SMILES string of the molecule is NS(=O)(=O)c1cc(O)cc(F)c1Br. The standard InChI is InChI=1S/C6H5BrFNO3S/c7-6-4(8)1-3(10)2-5(6)13(9,11)12/h1-2,10H,(H2,9,11,12). The van der Waals surface area contributed by atoms with Gasteiger partial charge in [0.2, 0.25) is 10.0 Å². The molecule has 7 heteroatoms. The molecule has 1 aromatic carbocycles. The van der Waals surface area contributed by atoms with Crippen LogP contribution >= 0.6 is 15.9 Å². The Balaban J connectivity index is 3.56. The molecule has 0 saturated heterocycles. The van der Waals surface area contributed by atoms with Crippen molar-refractivity contribution in [2.24, 2.45) is 5.14 Å². The van der Waals surface area contributed by atoms with Gasteiger partial charge in [0, 0.05) is 12.1 Å². The summed E-state index contributed by atoms with van der Waals surface area (Å²) in [7, 11) is -4.03. The van der Waals surface area contributed by atoms with Gasteiger partial charge in [-0.2, -0.15) is 0 Å². The number of nitrogens with two attached hydrogens (primary N) is 1. The molecule has 0 aromatic heterocycles. The van der Waals surface area contributed by atoms with E-state index in [1.807, 2.05) is 0 Å². The zero-order chi connectivity index (χ0) is 10.2. The smallest absolute Gasteiger partial charge is 0.239 e. The molecule has 13 heavy (non-hydrogen) atoms. The lowest BCUT2D eigenvalue weighted by Gasteiger charge is -2.03. The minimum Gasteiger partial charge on any atom is -0.508 e. The van der Waals surface area contributed by atoms with Crippen LogP contribution in [0.25, 0.3) is 0 Å². The molecule has 0 radical (unpaired) electrons. The van der Waals surface area contributed by atoms with E-state index in [4.69, 9.17) is 10.2 Å². The zero-order valence-corrected chi connectivity index (χ0v) is 8.56. The number of halogens is 2. The first-order valence-corrected chi connectivity index (χ1v) is 5.37. The number of sulfonamides is 1. The van der Waals surface area contributed by atoms with E-state index in [0.717, 1.165) is 12.1 Å². The molecule has 0 heterocycles. The number of phenols is 1. The topological polar surface area (TPSA) is 80.4 Å². The molecular formula is C6H5BrFNO3S. The van der Waals surface area contributed by atoms with Gasteiger partial charge in [0.1, 0.15) is 16.5 Å². The lowest BCUT2D eigenvalue weighted by Crippen LogP contribution is -2.13. The summed E-state index contributed by atoms with van der Waals surface area (Å²) in [5, 5.41) is 13.7. The first kappa shape index (κ1) is 10.4. The molecule has 0 amide bonds. The predicted molar refractivity (Wildman–Crippen MR) is 47.1 cm³/mol. The maximum atomic E-state index is 12.8. The highest BCUT2D eigenvalue weighted by atomic mass is 79.9. The van der Waals surface area contributed by atoms with Gasteiger partial charge in [-0.1, -0.05) is 0 Å². The van der Waals surface area contributed by atoms with Gasteiger partial charge in [0.25, 0.3) is 0 Å². The minimum atomic E-state index is -4.03. The third kappa shape index (κ3) is 2.17. The van der Waals surface area contributed by atoms with Crippen LogP contribution in [0.2, 0.25) is 0 Å². The molecule has 1 aromatic rings. The number of phenolic OH excluding ortho intramolecular Hbond substituents is 1. The van der Waals surface area contributed by atoms with Crippen molar-refractivity contribution in [2.45, 2.75) is 4.90 Å². The molecule has 0 spiro atoms. The number of hydrogen-bond acceptors (Lipinski definition) is 3. The third-order valence-electron chi connectivity index (χ3n) is 1.29. The summed E-state index contributed by atoms with van der Waals surface area (Å²) in [6.07, 6.45) is 0. The van der Waals surface area contributed by atoms with E-state index in [1.165, 1.54) is 0 Å². The second-order valence-corrected chi connectivity index (χ2v) is 4.61. The lowest BCUT2D eigenvalue weighted by molar-refractivity contribution is 0.465. The highest BCUT2D eigenvalue weighted by Crippen LogP contribution is 2.28. The Labute approximate surface area is 82.4 Å². The lowest BCUT2D eigenvalue weighted by atomic mass is 10.3. The quantitative estimate of drug-likeness (QED) is 0.796. The van der Waals surface area contributed by atoms with Crippen molar-refractivity contribution in [3.8, 4) is 5.75 Å². The second-order valence-electron chi connectivity index (χ2n) is 2.28. The van der Waals surface area contributed by atoms with Gasteiger partial charge in [-0.25, -0.2) is 17.9 Å². The Kier molecular flexibility index (Phi) is 2.60. The van der Waals surface area contributed by atoms with Gasteiger partial charge in [-0.05, 0) is 15.9 Å². The van der Waals surface area contributed by atoms with Gasteiger partial charge >= 0.3 is 0 Å². The molecule has 1 rings (SSSR count). The fourth-order valence-corrected chi connectivity index (χ4v) is 2.30. The van der Waals surface area contributed by atoms with Crippen LogP contribution in [0.1, 0.15) is 0 Å². The minimum absolute atomic E-state index is 0.284. The van der Waals surface area contributed by atoms with E-state index < -0.39 is 26.5 Å². The fraction of sp³-hybridized carbons (Fsp3) is 0. The van der Waals surface area contributed by atoms with Gasteiger partial charge in [-0.15, -0.1) is 0 Å². The van der Waals surface area contributed by atoms with Crippen LogP contribution in [-0.2, 0) is 10.0 Å². The molecule has 0 bridgehead atoms. The Bertz CT molecular complexity index is 445. The van der Waals surface area contributed by atoms with Crippen LogP contribution in [0.5, 0.6) is 5.75 Å². The fourth-order valence-electron chi connectivity index (χ4n) is 0.757. The summed E-state index contributed by atoms with van der Waals surface area (Å²) >= 11 is 2.70. The van der Waals surface area contributed by atoms with Crippen LogP contribution in [0, 0.1) is 5.82 Å². The van der Waals surface area contributed by atoms with Crippen molar-refractivity contribution < 1.29 is 17.9 Å². The molecule has 0 unspecified atom stereocenters. The molecule has 0 aliphatic carbocycles. The predicted octanol–water partition coefficient (Wildman–Crippen LogP) is 0.941. The first-order chi connectivity index (χ1) is 5.82. The molecule has 0 saturated carbocycles. The van der Waals surface area contributed by atoms with E-state index in [9.17, 15) is 12.8 Å². The molecule has 0 fully saturated rings. The van der Waals surface area contributed by atoms with Crippen molar-refractivity contribution in [1.82, 2.24) is 0 Å². The summed E-state index contributed by atoms with van der Waals surface area (Å²) in [6, 6.07) is 1.64. The highest BCUT2D eigenvalue weighted by Gasteiger charge is 2.17. The molecule has 0 aliphatic rings. The monoisotopic (exact) mass is 269 g/mol. The van der Waals surface area contributed by atoms with Crippen LogP contribution < -0.4 is 5.14 Å². The Morgan fingerprint density at radius 2 is 2.00 bits per heavy atom. The number of hydrogen-bond donors (Lipinski definition) is 2. The maximum Gasteiger partial charge on any atom is 0.239 e. The molecule has 0 atom stereocenters. The van der Waals surface area contributed by atoms with E-state index >= 15 is 0 Å². The van der Waals surface area contributed by atoms with E-state index in [2.05, 4.69) is 15.9 Å². The van der Waals surface area contributed by atoms with Crippen LogP contribution in [0.4, 0.5) is 4.39 Å². The Morgan fingerprint density at radius 1 is 1.46 bits per heavy atom. The summed E-state index contributed by atoms with van der Waals surface area (Å²) in [5.41, 5.74) is 0. The zero-order valence-electron chi connectivity index (χ0n) is 6.16. The van der Waals surface area contributed by atoms with E-state index in [-0.39, 0.29) is 4.47 Å². The Hall–Kier alpha value is -0.660. The number of aromatic hydroxyl groups is 1. The molecule has 3 N–H and O–H groups in total. The molecule has 0 aliphatic heterocycles. The first-order valence-electron chi connectivity index (χ1n) is 3.03. The van der Waals surface area contributed by atoms with Gasteiger partial charge in [0.15, 0.2) is 0 Å². The van der Waals surface area contributed by atoms with Crippen molar-refractivity contribution in [3.63, 3.8) is 0 Å². The number of benzene rings is 1. The summed E-state index contributed by atoms with van der Waals surface area (Å²) in [4.78, 5) is -0.481. The van der Waals surface area contributed by atoms with Crippen molar-refractivity contribution in [1.29, 1.82) is 0 Å². The average Bonchev–Trinajstić information content (AvgIpc) is 1.94. The normalized spacial score (nSPS) is 11.6. The number of primary sulfonamides is 1. The van der Waals surface area contributed by atoms with Crippen molar-refractivity contribution in [2.75, 3.05) is 0 Å². The average molecular weight is 270 g/mol. The highest BCUT2D eigenvalue weighted by molar-refractivity contribution is 9.10.